The highest BCUT2D eigenvalue weighted by Gasteiger charge is 2.20. The van der Waals surface area contributed by atoms with E-state index in [4.69, 9.17) is 36.5 Å². The van der Waals surface area contributed by atoms with Crippen molar-refractivity contribution in [3.63, 3.8) is 0 Å². The van der Waals surface area contributed by atoms with Crippen molar-refractivity contribution in [2.75, 3.05) is 6.61 Å². The fraction of sp³-hybridized carbons (Fsp3) is 0.0909. The smallest absolute Gasteiger partial charge is 0.343 e. The van der Waals surface area contributed by atoms with Crippen LogP contribution in [0.3, 0.4) is 0 Å². The first-order chi connectivity index (χ1) is 14.9. The van der Waals surface area contributed by atoms with Gasteiger partial charge in [0.1, 0.15) is 28.7 Å². The summed E-state index contributed by atoms with van der Waals surface area (Å²) in [4.78, 5) is 16.7. The summed E-state index contributed by atoms with van der Waals surface area (Å²) < 4.78 is 16.7. The van der Waals surface area contributed by atoms with Crippen molar-refractivity contribution >= 4 is 17.6 Å². The van der Waals surface area contributed by atoms with Gasteiger partial charge in [-0.05, 0) is 37.3 Å². The molecule has 0 fully saturated rings. The van der Waals surface area contributed by atoms with E-state index in [1.807, 2.05) is 0 Å². The van der Waals surface area contributed by atoms with E-state index in [1.54, 1.807) is 55.5 Å². The van der Waals surface area contributed by atoms with Gasteiger partial charge in [-0.15, -0.1) is 0 Å². The molecule has 0 aliphatic heterocycles. The van der Waals surface area contributed by atoms with Crippen LogP contribution in [-0.4, -0.2) is 29.2 Å². The number of pyridine rings is 1. The van der Waals surface area contributed by atoms with E-state index in [-0.39, 0.29) is 41.4 Å². The average molecular weight is 419 g/mol. The molecule has 3 rings (SSSR count). The summed E-state index contributed by atoms with van der Waals surface area (Å²) in [6, 6.07) is 16.3. The maximum atomic E-state index is 12.4. The van der Waals surface area contributed by atoms with Gasteiger partial charge in [0, 0.05) is 6.07 Å². The molecule has 1 heterocycles. The van der Waals surface area contributed by atoms with Gasteiger partial charge < -0.3 is 25.7 Å². The zero-order chi connectivity index (χ0) is 22.4. The van der Waals surface area contributed by atoms with Crippen molar-refractivity contribution in [3.8, 4) is 23.3 Å². The second kappa shape index (κ2) is 9.40. The van der Waals surface area contributed by atoms with Crippen LogP contribution < -0.4 is 20.9 Å². The second-order valence-electron chi connectivity index (χ2n) is 6.25. The predicted octanol–water partition coefficient (Wildman–Crippen LogP) is 3.41. The Morgan fingerprint density at radius 2 is 1.39 bits per heavy atom. The number of hydrogen-bond donors (Lipinski definition) is 4. The third-order valence-corrected chi connectivity index (χ3v) is 4.11. The molecule has 9 nitrogen and oxygen atoms in total. The number of amidine groups is 2. The van der Waals surface area contributed by atoms with Gasteiger partial charge >= 0.3 is 5.97 Å². The zero-order valence-electron chi connectivity index (χ0n) is 16.7. The Kier molecular flexibility index (Phi) is 6.46. The van der Waals surface area contributed by atoms with Gasteiger partial charge in [0.15, 0.2) is 0 Å². The molecule has 31 heavy (non-hydrogen) atoms. The van der Waals surface area contributed by atoms with Crippen molar-refractivity contribution in [3.05, 3.63) is 77.4 Å². The number of aromatic nitrogens is 1. The Balaban J connectivity index is 2.03. The molecule has 0 bridgehead atoms. The molecule has 0 saturated carbocycles. The maximum Gasteiger partial charge on any atom is 0.343 e. The van der Waals surface area contributed by atoms with Gasteiger partial charge in [-0.1, -0.05) is 24.3 Å². The highest BCUT2D eigenvalue weighted by Crippen LogP contribution is 2.31. The molecule has 2 aromatic carbocycles. The van der Waals surface area contributed by atoms with Crippen molar-refractivity contribution in [2.45, 2.75) is 6.92 Å². The number of hydrogen-bond acceptors (Lipinski definition) is 7. The lowest BCUT2D eigenvalue weighted by Crippen LogP contribution is -2.13. The van der Waals surface area contributed by atoms with E-state index < -0.39 is 5.97 Å². The molecule has 0 saturated heterocycles. The quantitative estimate of drug-likeness (QED) is 0.247. The number of benzene rings is 2. The minimum Gasteiger partial charge on any atom is -0.462 e. The van der Waals surface area contributed by atoms with E-state index in [9.17, 15) is 4.79 Å². The number of nitrogens with zero attached hydrogens (tertiary/aromatic N) is 1. The van der Waals surface area contributed by atoms with Gasteiger partial charge in [-0.2, -0.15) is 4.98 Å². The van der Waals surface area contributed by atoms with Gasteiger partial charge in [0.05, 0.1) is 17.7 Å². The lowest BCUT2D eigenvalue weighted by atomic mass is 10.2. The molecule has 3 aromatic rings. The number of carbonyl (C=O) groups is 1. The molecule has 0 radical (unpaired) electrons. The van der Waals surface area contributed by atoms with E-state index in [1.165, 1.54) is 12.1 Å². The molecule has 0 atom stereocenters. The van der Waals surface area contributed by atoms with E-state index in [0.717, 1.165) is 0 Å². The Hall–Kier alpha value is -4.40. The third-order valence-electron chi connectivity index (χ3n) is 4.11. The van der Waals surface area contributed by atoms with E-state index >= 15 is 0 Å². The number of rotatable bonds is 8. The number of para-hydroxylation sites is 2. The summed E-state index contributed by atoms with van der Waals surface area (Å²) in [5, 5.41) is 15.4. The van der Waals surface area contributed by atoms with Crippen LogP contribution in [0.15, 0.2) is 60.7 Å². The van der Waals surface area contributed by atoms with Crippen molar-refractivity contribution in [2.24, 2.45) is 11.5 Å². The summed E-state index contributed by atoms with van der Waals surface area (Å²) in [6.45, 7) is 1.86. The standard InChI is InChI=1S/C22H21N5O4/c1-2-29-22(28)15-11-12-18(30-16-9-5-3-7-13(16)19(23)24)27-21(15)31-17-10-6-4-8-14(17)20(25)26/h3-12H,2H2,1H3,(H3,23,24)(H3,25,26). The molecule has 0 spiro atoms. The monoisotopic (exact) mass is 419 g/mol. The van der Waals surface area contributed by atoms with Gasteiger partial charge in [0.25, 0.3) is 0 Å². The lowest BCUT2D eigenvalue weighted by molar-refractivity contribution is 0.0522. The van der Waals surface area contributed by atoms with Crippen LogP contribution in [0.25, 0.3) is 0 Å². The van der Waals surface area contributed by atoms with E-state index in [0.29, 0.717) is 16.9 Å². The highest BCUT2D eigenvalue weighted by molar-refractivity contribution is 5.98. The largest absolute Gasteiger partial charge is 0.462 e. The number of nitrogens with two attached hydrogens (primary N) is 2. The van der Waals surface area contributed by atoms with Crippen molar-refractivity contribution in [1.29, 1.82) is 10.8 Å². The Bertz CT molecular complexity index is 1150. The molecule has 9 heteroatoms. The number of nitrogens with one attached hydrogen (secondary N) is 2. The van der Waals surface area contributed by atoms with E-state index in [2.05, 4.69) is 4.98 Å². The minimum absolute atomic E-state index is 0.0763. The molecule has 0 aliphatic rings. The topological polar surface area (TPSA) is 157 Å². The van der Waals surface area contributed by atoms with Crippen LogP contribution in [0.1, 0.15) is 28.4 Å². The zero-order valence-corrected chi connectivity index (χ0v) is 16.7. The summed E-state index contributed by atoms with van der Waals surface area (Å²) in [6.07, 6.45) is 0. The summed E-state index contributed by atoms with van der Waals surface area (Å²) >= 11 is 0. The lowest BCUT2D eigenvalue weighted by Gasteiger charge is -2.14. The fourth-order valence-electron chi connectivity index (χ4n) is 2.70. The third kappa shape index (κ3) is 4.96. The molecule has 0 amide bonds. The van der Waals surface area contributed by atoms with Crippen LogP contribution in [0.4, 0.5) is 0 Å². The number of nitrogen functional groups attached to an aromatic ring is 2. The SMILES string of the molecule is CCOC(=O)c1ccc(Oc2ccccc2C(=N)N)nc1Oc1ccccc1C(=N)N. The predicted molar refractivity (Wildman–Crippen MR) is 115 cm³/mol. The Morgan fingerprint density at radius 1 is 0.839 bits per heavy atom. The second-order valence-corrected chi connectivity index (χ2v) is 6.25. The van der Waals surface area contributed by atoms with Crippen LogP contribution in [-0.2, 0) is 4.74 Å². The summed E-state index contributed by atoms with van der Waals surface area (Å²) in [5.41, 5.74) is 12.0. The first-order valence-electron chi connectivity index (χ1n) is 9.31. The van der Waals surface area contributed by atoms with Gasteiger partial charge in [0.2, 0.25) is 11.8 Å². The molecular weight excluding hydrogens is 398 g/mol. The molecule has 1 aromatic heterocycles. The summed E-state index contributed by atoms with van der Waals surface area (Å²) in [7, 11) is 0. The average Bonchev–Trinajstić information content (AvgIpc) is 2.74. The molecule has 0 unspecified atom stereocenters. The fourth-order valence-corrected chi connectivity index (χ4v) is 2.70. The number of carbonyl (C=O) groups excluding carboxylic acids is 1. The van der Waals surface area contributed by atoms with Crippen LogP contribution >= 0.6 is 0 Å². The Morgan fingerprint density at radius 3 is 1.94 bits per heavy atom. The number of esters is 1. The van der Waals surface area contributed by atoms with Crippen LogP contribution in [0.2, 0.25) is 0 Å². The molecule has 158 valence electrons. The van der Waals surface area contributed by atoms with Crippen molar-refractivity contribution in [1.82, 2.24) is 4.98 Å². The van der Waals surface area contributed by atoms with Crippen LogP contribution in [0.5, 0.6) is 23.3 Å². The highest BCUT2D eigenvalue weighted by atomic mass is 16.5. The molecule has 6 N–H and O–H groups in total. The maximum absolute atomic E-state index is 12.4. The normalized spacial score (nSPS) is 10.2. The van der Waals surface area contributed by atoms with Gasteiger partial charge in [-0.3, -0.25) is 10.8 Å². The first-order valence-corrected chi connectivity index (χ1v) is 9.31. The Labute approximate surface area is 178 Å². The van der Waals surface area contributed by atoms with Gasteiger partial charge in [-0.25, -0.2) is 4.79 Å². The van der Waals surface area contributed by atoms with Crippen LogP contribution in [0, 0.1) is 10.8 Å². The molecule has 0 aliphatic carbocycles. The number of ether oxygens (including phenoxy) is 3. The minimum atomic E-state index is -0.624. The first kappa shape index (κ1) is 21.3. The summed E-state index contributed by atoms with van der Waals surface area (Å²) in [5.74, 6) is -0.388. The van der Waals surface area contributed by atoms with Crippen molar-refractivity contribution < 1.29 is 19.0 Å². The molecular formula is C22H21N5O4.